The highest BCUT2D eigenvalue weighted by Gasteiger charge is 2.43. The Kier molecular flexibility index (Phi) is 9.89. The second-order valence-corrected chi connectivity index (χ2v) is 10.3. The summed E-state index contributed by atoms with van der Waals surface area (Å²) >= 11 is 0.944. The van der Waals surface area contributed by atoms with Crippen LogP contribution in [0.3, 0.4) is 0 Å². The number of methoxy groups -OCH3 is 1. The van der Waals surface area contributed by atoms with Crippen LogP contribution in [-0.4, -0.2) is 71.4 Å². The average molecular weight is 606 g/mol. The van der Waals surface area contributed by atoms with Crippen LogP contribution in [0.4, 0.5) is 23.8 Å². The number of alkyl halides is 3. The Morgan fingerprint density at radius 3 is 2.64 bits per heavy atom. The van der Waals surface area contributed by atoms with Crippen molar-refractivity contribution in [1.29, 1.82) is 0 Å². The molecule has 1 aromatic carbocycles. The van der Waals surface area contributed by atoms with Gasteiger partial charge in [0.15, 0.2) is 6.04 Å². The molecular formula is C28H30F3N5O5S. The van der Waals surface area contributed by atoms with Crippen LogP contribution in [-0.2, 0) is 16.0 Å². The van der Waals surface area contributed by atoms with Gasteiger partial charge in [-0.2, -0.15) is 13.2 Å². The maximum Gasteiger partial charge on any atom is 0.411 e. The zero-order valence-corrected chi connectivity index (χ0v) is 24.0. The average Bonchev–Trinajstić information content (AvgIpc) is 3.47. The first-order valence-corrected chi connectivity index (χ1v) is 14.2. The molecule has 2 N–H and O–H groups in total. The van der Waals surface area contributed by atoms with E-state index in [0.29, 0.717) is 48.3 Å². The molecule has 0 saturated carbocycles. The first kappa shape index (κ1) is 31.0. The first-order valence-electron chi connectivity index (χ1n) is 13.2. The zero-order valence-electron chi connectivity index (χ0n) is 23.2. The van der Waals surface area contributed by atoms with Crippen LogP contribution >= 0.6 is 11.8 Å². The number of thioether (sulfide) groups is 1. The molecule has 1 aliphatic heterocycles. The van der Waals surface area contributed by atoms with Crippen LogP contribution in [0, 0.1) is 0 Å². The lowest BCUT2D eigenvalue weighted by molar-refractivity contribution is -0.141. The number of aromatic nitrogens is 2. The third-order valence-corrected chi connectivity index (χ3v) is 7.44. The molecular weight excluding hydrogens is 575 g/mol. The van der Waals surface area contributed by atoms with E-state index in [1.54, 1.807) is 29.7 Å². The number of amides is 2. The van der Waals surface area contributed by atoms with Gasteiger partial charge in [-0.25, -0.2) is 14.6 Å². The minimum Gasteiger partial charge on any atom is -0.462 e. The fourth-order valence-corrected chi connectivity index (χ4v) is 5.42. The van der Waals surface area contributed by atoms with E-state index in [1.807, 2.05) is 6.92 Å². The van der Waals surface area contributed by atoms with Crippen LogP contribution in [0.2, 0.25) is 0 Å². The molecule has 1 unspecified atom stereocenters. The van der Waals surface area contributed by atoms with Gasteiger partial charge in [0.05, 0.1) is 23.8 Å². The van der Waals surface area contributed by atoms with Gasteiger partial charge < -0.3 is 19.4 Å². The van der Waals surface area contributed by atoms with E-state index in [4.69, 9.17) is 9.47 Å². The lowest BCUT2D eigenvalue weighted by Crippen LogP contribution is -2.29. The van der Waals surface area contributed by atoms with Crippen LogP contribution in [0.5, 0.6) is 0 Å². The fourth-order valence-electron chi connectivity index (χ4n) is 4.31. The maximum absolute atomic E-state index is 13.5. The number of ether oxygens (including phenoxy) is 2. The van der Waals surface area contributed by atoms with Gasteiger partial charge in [-0.15, -0.1) is 11.8 Å². The van der Waals surface area contributed by atoms with Crippen LogP contribution in [0.1, 0.15) is 36.2 Å². The van der Waals surface area contributed by atoms with E-state index < -0.39 is 29.6 Å². The summed E-state index contributed by atoms with van der Waals surface area (Å²) < 4.78 is 52.4. The van der Waals surface area contributed by atoms with Crippen molar-refractivity contribution in [1.82, 2.24) is 14.9 Å². The number of carbonyl (C=O) groups is 2. The number of carbonyl (C=O) groups excluding carboxylic acids is 2. The van der Waals surface area contributed by atoms with Crippen LogP contribution in [0.15, 0.2) is 46.4 Å². The van der Waals surface area contributed by atoms with Crippen molar-refractivity contribution in [3.05, 3.63) is 58.0 Å². The number of hydrogen-bond donors (Lipinski definition) is 2. The summed E-state index contributed by atoms with van der Waals surface area (Å²) in [6.45, 7) is 4.70. The molecule has 0 saturated heterocycles. The van der Waals surface area contributed by atoms with Gasteiger partial charge in [0, 0.05) is 54.9 Å². The van der Waals surface area contributed by atoms with E-state index in [1.165, 1.54) is 25.6 Å². The quantitative estimate of drug-likeness (QED) is 0.317. The van der Waals surface area contributed by atoms with Crippen molar-refractivity contribution >= 4 is 45.5 Å². The number of fused-ring (bicyclic) bond motifs is 1. The number of rotatable bonds is 10. The zero-order chi connectivity index (χ0) is 30.4. The highest BCUT2D eigenvalue weighted by molar-refractivity contribution is 8.14. The third-order valence-electron chi connectivity index (χ3n) is 6.36. The van der Waals surface area contributed by atoms with E-state index in [-0.39, 0.29) is 34.2 Å². The summed E-state index contributed by atoms with van der Waals surface area (Å²) in [5.41, 5.74) is 0.991. The number of halogens is 3. The number of nitrogens with one attached hydrogen (secondary N) is 2. The summed E-state index contributed by atoms with van der Waals surface area (Å²) in [5.74, 6) is -0.936. The Morgan fingerprint density at radius 2 is 1.98 bits per heavy atom. The number of hydrogen-bond acceptors (Lipinski definition) is 8. The number of pyridine rings is 2. The number of anilines is 1. The Morgan fingerprint density at radius 1 is 1.19 bits per heavy atom. The SMILES string of the molecule is CCCNC(=O)Nc1cc(C2=NC(C(F)(F)F)CS2)c(-c2ccc3c(c2)c(=O)c(C(=O)OCC)cn3CCOC)cn1. The van der Waals surface area contributed by atoms with E-state index in [2.05, 4.69) is 20.6 Å². The van der Waals surface area contributed by atoms with Gasteiger partial charge in [-0.05, 0) is 37.1 Å². The van der Waals surface area contributed by atoms with Crippen molar-refractivity contribution in [3.63, 3.8) is 0 Å². The molecule has 0 bridgehead atoms. The lowest BCUT2D eigenvalue weighted by Gasteiger charge is -2.16. The summed E-state index contributed by atoms with van der Waals surface area (Å²) in [4.78, 5) is 46.5. The number of aliphatic imine (C=N–C) groups is 1. The molecule has 3 heterocycles. The second-order valence-electron chi connectivity index (χ2n) is 9.31. The third kappa shape index (κ3) is 6.93. The molecule has 1 aliphatic rings. The standard InChI is InChI=1S/C28H30F3N5O5S/c1-4-8-32-27(39)35-23-12-17(25-34-22(15-42-25)28(29,30)31)19(13-33-23)16-6-7-21-18(11-16)24(37)20(26(38)41-5-2)14-36(21)9-10-40-3/h6-7,11-14,22H,4-5,8-10,15H2,1-3H3,(H2,32,33,35,39). The Labute approximate surface area is 243 Å². The van der Waals surface area contributed by atoms with E-state index in [9.17, 15) is 27.6 Å². The van der Waals surface area contributed by atoms with Crippen LogP contribution < -0.4 is 16.1 Å². The summed E-state index contributed by atoms with van der Waals surface area (Å²) in [6, 6.07) is 4.03. The van der Waals surface area contributed by atoms with Gasteiger partial charge >= 0.3 is 18.2 Å². The Hall–Kier alpha value is -3.91. The van der Waals surface area contributed by atoms with Gasteiger partial charge in [0.25, 0.3) is 0 Å². The summed E-state index contributed by atoms with van der Waals surface area (Å²) in [6.07, 6.45) is -0.957. The molecule has 0 fully saturated rings. The van der Waals surface area contributed by atoms with Gasteiger partial charge in [-0.1, -0.05) is 13.0 Å². The molecule has 2 amide bonds. The van der Waals surface area contributed by atoms with Crippen LogP contribution in [0.25, 0.3) is 22.0 Å². The predicted octanol–water partition coefficient (Wildman–Crippen LogP) is 4.84. The topological polar surface area (TPSA) is 124 Å². The Balaban J connectivity index is 1.87. The fraction of sp³-hybridized carbons (Fsp3) is 0.393. The highest BCUT2D eigenvalue weighted by Crippen LogP contribution is 2.37. The van der Waals surface area contributed by atoms with Crippen molar-refractivity contribution in [2.45, 2.75) is 39.0 Å². The van der Waals surface area contributed by atoms with Crippen molar-refractivity contribution in [2.75, 3.05) is 37.9 Å². The predicted molar refractivity (Wildman–Crippen MR) is 155 cm³/mol. The lowest BCUT2D eigenvalue weighted by atomic mass is 9.99. The van der Waals surface area contributed by atoms with Crippen molar-refractivity contribution in [3.8, 4) is 11.1 Å². The van der Waals surface area contributed by atoms with Gasteiger partial charge in [0.2, 0.25) is 5.43 Å². The first-order chi connectivity index (χ1) is 20.1. The minimum absolute atomic E-state index is 0.0823. The van der Waals surface area contributed by atoms with Crippen molar-refractivity contribution in [2.24, 2.45) is 4.99 Å². The molecule has 4 rings (SSSR count). The van der Waals surface area contributed by atoms with Gasteiger partial charge in [-0.3, -0.25) is 15.1 Å². The summed E-state index contributed by atoms with van der Waals surface area (Å²) in [7, 11) is 1.53. The Bertz CT molecular complexity index is 1570. The second kappa shape index (κ2) is 13.4. The molecule has 0 aliphatic carbocycles. The number of urea groups is 1. The number of benzene rings is 1. The maximum atomic E-state index is 13.5. The number of nitrogens with zero attached hydrogens (tertiary/aromatic N) is 3. The molecule has 0 spiro atoms. The number of esters is 1. The molecule has 224 valence electrons. The van der Waals surface area contributed by atoms with E-state index >= 15 is 0 Å². The molecule has 0 radical (unpaired) electrons. The van der Waals surface area contributed by atoms with E-state index in [0.717, 1.165) is 11.8 Å². The smallest absolute Gasteiger partial charge is 0.411 e. The monoisotopic (exact) mass is 605 g/mol. The molecule has 3 aromatic rings. The molecule has 42 heavy (non-hydrogen) atoms. The highest BCUT2D eigenvalue weighted by atomic mass is 32.2. The van der Waals surface area contributed by atoms with Gasteiger partial charge in [0.1, 0.15) is 11.4 Å². The molecule has 10 nitrogen and oxygen atoms in total. The normalized spacial score (nSPS) is 15.0. The molecule has 14 heteroatoms. The largest absolute Gasteiger partial charge is 0.462 e. The molecule has 1 atom stereocenters. The molecule has 2 aromatic heterocycles. The minimum atomic E-state index is -4.51. The van der Waals surface area contributed by atoms with Crippen molar-refractivity contribution < 1.29 is 32.2 Å². The summed E-state index contributed by atoms with van der Waals surface area (Å²) in [5, 5.41) is 5.58.